The van der Waals surface area contributed by atoms with Crippen LogP contribution in [0.1, 0.15) is 36.8 Å². The Labute approximate surface area is 150 Å². The fourth-order valence-electron chi connectivity index (χ4n) is 4.54. The van der Waals surface area contributed by atoms with E-state index in [0.717, 1.165) is 31.7 Å². The van der Waals surface area contributed by atoms with E-state index in [1.165, 1.54) is 6.07 Å². The summed E-state index contributed by atoms with van der Waals surface area (Å²) in [6, 6.07) is 8.97. The first kappa shape index (κ1) is 17.2. The molecule has 1 aliphatic heterocycles. The molecule has 0 bridgehead atoms. The molecule has 4 rings (SSSR count). The van der Waals surface area contributed by atoms with Crippen LogP contribution >= 0.6 is 0 Å². The molecule has 1 atom stereocenters. The van der Waals surface area contributed by atoms with Crippen molar-refractivity contribution in [1.29, 1.82) is 0 Å². The first-order valence-corrected chi connectivity index (χ1v) is 8.72. The van der Waals surface area contributed by atoms with Crippen molar-refractivity contribution in [1.82, 2.24) is 0 Å². The van der Waals surface area contributed by atoms with Crippen molar-refractivity contribution < 1.29 is 23.6 Å². The highest BCUT2D eigenvalue weighted by Gasteiger charge is 2.54. The fourth-order valence-corrected chi connectivity index (χ4v) is 4.54. The SMILES string of the molecule is O=C1Nc2c(ccc(F)c2F)C1(c1ccc(B(O)O)cc1)C1CCCC1. The van der Waals surface area contributed by atoms with Gasteiger partial charge in [0.1, 0.15) is 5.41 Å². The van der Waals surface area contributed by atoms with Crippen LogP contribution in [0.15, 0.2) is 36.4 Å². The third-order valence-corrected chi connectivity index (χ3v) is 5.75. The predicted octanol–water partition coefficient (Wildman–Crippen LogP) is 2.07. The zero-order valence-corrected chi connectivity index (χ0v) is 14.0. The minimum Gasteiger partial charge on any atom is -0.423 e. The Hall–Kier alpha value is -2.25. The van der Waals surface area contributed by atoms with Gasteiger partial charge in [-0.1, -0.05) is 43.2 Å². The third-order valence-electron chi connectivity index (χ3n) is 5.75. The van der Waals surface area contributed by atoms with Crippen LogP contribution in [-0.4, -0.2) is 23.1 Å². The molecule has 1 unspecified atom stereocenters. The van der Waals surface area contributed by atoms with Crippen molar-refractivity contribution in [3.8, 4) is 0 Å². The van der Waals surface area contributed by atoms with Gasteiger partial charge in [0.15, 0.2) is 11.6 Å². The lowest BCUT2D eigenvalue weighted by Gasteiger charge is -2.34. The number of carbonyl (C=O) groups excluding carboxylic acids is 1. The lowest BCUT2D eigenvalue weighted by molar-refractivity contribution is -0.121. The van der Waals surface area contributed by atoms with Crippen LogP contribution in [0.3, 0.4) is 0 Å². The average Bonchev–Trinajstić information content (AvgIpc) is 3.25. The van der Waals surface area contributed by atoms with Crippen LogP contribution < -0.4 is 10.8 Å². The van der Waals surface area contributed by atoms with E-state index < -0.39 is 24.2 Å². The number of carbonyl (C=O) groups is 1. The minimum atomic E-state index is -1.61. The number of benzene rings is 2. The summed E-state index contributed by atoms with van der Waals surface area (Å²) in [7, 11) is -1.61. The van der Waals surface area contributed by atoms with E-state index in [1.54, 1.807) is 24.3 Å². The molecule has 0 saturated heterocycles. The Morgan fingerprint density at radius 3 is 2.31 bits per heavy atom. The molecule has 3 N–H and O–H groups in total. The molecule has 2 aliphatic rings. The van der Waals surface area contributed by atoms with Gasteiger partial charge in [-0.2, -0.15) is 0 Å². The van der Waals surface area contributed by atoms with Gasteiger partial charge in [-0.3, -0.25) is 4.79 Å². The number of rotatable bonds is 3. The highest BCUT2D eigenvalue weighted by Crippen LogP contribution is 2.53. The molecular formula is C19H18BF2NO3. The largest absolute Gasteiger partial charge is 0.488 e. The molecular weight excluding hydrogens is 339 g/mol. The van der Waals surface area contributed by atoms with Crippen LogP contribution in [0.5, 0.6) is 0 Å². The molecule has 134 valence electrons. The third kappa shape index (κ3) is 2.31. The average molecular weight is 357 g/mol. The Balaban J connectivity index is 1.94. The van der Waals surface area contributed by atoms with Gasteiger partial charge in [-0.15, -0.1) is 0 Å². The van der Waals surface area contributed by atoms with Crippen molar-refractivity contribution in [2.75, 3.05) is 5.32 Å². The molecule has 2 aromatic rings. The number of nitrogens with one attached hydrogen (secondary N) is 1. The molecule has 0 aromatic heterocycles. The number of hydrogen-bond donors (Lipinski definition) is 3. The van der Waals surface area contributed by atoms with E-state index in [0.29, 0.717) is 16.6 Å². The van der Waals surface area contributed by atoms with Crippen LogP contribution in [0.2, 0.25) is 0 Å². The fraction of sp³-hybridized carbons (Fsp3) is 0.316. The first-order valence-electron chi connectivity index (χ1n) is 8.72. The molecule has 1 heterocycles. The van der Waals surface area contributed by atoms with E-state index in [9.17, 15) is 23.6 Å². The smallest absolute Gasteiger partial charge is 0.423 e. The quantitative estimate of drug-likeness (QED) is 0.737. The van der Waals surface area contributed by atoms with Crippen molar-refractivity contribution in [3.63, 3.8) is 0 Å². The predicted molar refractivity (Wildman–Crippen MR) is 94.0 cm³/mol. The molecule has 1 aliphatic carbocycles. The van der Waals surface area contributed by atoms with Crippen LogP contribution in [0.4, 0.5) is 14.5 Å². The molecule has 26 heavy (non-hydrogen) atoms. The lowest BCUT2D eigenvalue weighted by atomic mass is 9.65. The van der Waals surface area contributed by atoms with Crippen molar-refractivity contribution in [2.24, 2.45) is 5.92 Å². The number of fused-ring (bicyclic) bond motifs is 1. The van der Waals surface area contributed by atoms with Gasteiger partial charge in [-0.25, -0.2) is 8.78 Å². The van der Waals surface area contributed by atoms with Crippen molar-refractivity contribution in [2.45, 2.75) is 31.1 Å². The second-order valence-electron chi connectivity index (χ2n) is 7.02. The van der Waals surface area contributed by atoms with Crippen molar-refractivity contribution in [3.05, 3.63) is 59.2 Å². The normalized spacial score (nSPS) is 22.4. The molecule has 2 aromatic carbocycles. The van der Waals surface area contributed by atoms with E-state index in [1.807, 2.05) is 0 Å². The molecule has 7 heteroatoms. The van der Waals surface area contributed by atoms with Gasteiger partial charge in [0, 0.05) is 0 Å². The Morgan fingerprint density at radius 1 is 1.04 bits per heavy atom. The standard InChI is InChI=1S/C19H18BF2NO3/c21-15-10-9-14-17(16(15)22)23-18(24)19(14,11-3-1-2-4-11)12-5-7-13(8-6-12)20(25)26/h5-11,25-26H,1-4H2,(H,23,24). The highest BCUT2D eigenvalue weighted by molar-refractivity contribution is 6.58. The summed E-state index contributed by atoms with van der Waals surface area (Å²) in [5.74, 6) is -2.43. The van der Waals surface area contributed by atoms with E-state index in [2.05, 4.69) is 5.32 Å². The maximum atomic E-state index is 14.3. The molecule has 1 fully saturated rings. The maximum absolute atomic E-state index is 14.3. The van der Waals surface area contributed by atoms with Gasteiger partial charge in [0.05, 0.1) is 5.69 Å². The molecule has 0 spiro atoms. The maximum Gasteiger partial charge on any atom is 0.488 e. The summed E-state index contributed by atoms with van der Waals surface area (Å²) in [5.41, 5.74) is 0.216. The van der Waals surface area contributed by atoms with E-state index >= 15 is 0 Å². The number of hydrogen-bond acceptors (Lipinski definition) is 3. The van der Waals surface area contributed by atoms with Gasteiger partial charge in [-0.05, 0) is 41.4 Å². The summed E-state index contributed by atoms with van der Waals surface area (Å²) < 4.78 is 28.0. The highest BCUT2D eigenvalue weighted by atomic mass is 19.2. The summed E-state index contributed by atoms with van der Waals surface area (Å²) in [6.45, 7) is 0. The monoisotopic (exact) mass is 357 g/mol. The summed E-state index contributed by atoms with van der Waals surface area (Å²) in [4.78, 5) is 13.1. The summed E-state index contributed by atoms with van der Waals surface area (Å²) in [6.07, 6.45) is 3.59. The zero-order valence-electron chi connectivity index (χ0n) is 14.0. The Bertz CT molecular complexity index is 866. The Morgan fingerprint density at radius 2 is 1.69 bits per heavy atom. The minimum absolute atomic E-state index is 0.0292. The molecule has 1 amide bonds. The van der Waals surface area contributed by atoms with Crippen molar-refractivity contribution >= 4 is 24.2 Å². The first-order chi connectivity index (χ1) is 12.5. The molecule has 1 saturated carbocycles. The van der Waals surface area contributed by atoms with Gasteiger partial charge < -0.3 is 15.4 Å². The van der Waals surface area contributed by atoms with Gasteiger partial charge >= 0.3 is 7.12 Å². The van der Waals surface area contributed by atoms with Gasteiger partial charge in [0.25, 0.3) is 0 Å². The van der Waals surface area contributed by atoms with E-state index in [4.69, 9.17) is 0 Å². The lowest BCUT2D eigenvalue weighted by Crippen LogP contribution is -2.42. The van der Waals surface area contributed by atoms with Gasteiger partial charge in [0.2, 0.25) is 5.91 Å². The summed E-state index contributed by atoms with van der Waals surface area (Å²) >= 11 is 0. The molecule has 0 radical (unpaired) electrons. The second kappa shape index (κ2) is 6.18. The summed E-state index contributed by atoms with van der Waals surface area (Å²) in [5, 5.41) is 21.2. The van der Waals surface area contributed by atoms with E-state index in [-0.39, 0.29) is 17.5 Å². The van der Waals surface area contributed by atoms with Crippen LogP contribution in [0, 0.1) is 17.6 Å². The van der Waals surface area contributed by atoms with Crippen LogP contribution in [0.25, 0.3) is 0 Å². The second-order valence-corrected chi connectivity index (χ2v) is 7.02. The topological polar surface area (TPSA) is 69.6 Å². The number of halogens is 2. The van der Waals surface area contributed by atoms with Crippen LogP contribution in [-0.2, 0) is 10.2 Å². The Kier molecular flexibility index (Phi) is 4.08. The number of amides is 1. The molecule has 4 nitrogen and oxygen atoms in total. The zero-order chi connectivity index (χ0) is 18.5. The number of anilines is 1.